The molecule has 166 valence electrons. The molecule has 0 aromatic rings. The van der Waals surface area contributed by atoms with Crippen LogP contribution in [0.3, 0.4) is 0 Å². The van der Waals surface area contributed by atoms with Crippen LogP contribution >= 0.6 is 0 Å². The smallest absolute Gasteiger partial charge is 0.303 e. The molecule has 0 spiro atoms. The lowest BCUT2D eigenvalue weighted by Gasteiger charge is -2.45. The summed E-state index contributed by atoms with van der Waals surface area (Å²) in [6.07, 6.45) is -5.47. The number of nitro groups is 1. The second-order valence-corrected chi connectivity index (χ2v) is 7.61. The Balaban J connectivity index is 2.19. The highest BCUT2D eigenvalue weighted by molar-refractivity contribution is 5.67. The van der Waals surface area contributed by atoms with Gasteiger partial charge in [-0.25, -0.2) is 0 Å². The SMILES string of the molecule is CO[C@H]1C[C@@](C)([N+](=O)[O-])[C@@H](O[C@@H]2C[C@H](OC(C)=O)[C@H](OC(C)=O)[C@H](C)O2)[C@H](C)O1. The first-order valence-electron chi connectivity index (χ1n) is 9.46. The van der Waals surface area contributed by atoms with Crippen molar-refractivity contribution in [2.24, 2.45) is 0 Å². The van der Waals surface area contributed by atoms with E-state index < -0.39 is 65.5 Å². The van der Waals surface area contributed by atoms with Crippen molar-refractivity contribution in [1.82, 2.24) is 0 Å². The van der Waals surface area contributed by atoms with Crippen molar-refractivity contribution in [3.05, 3.63) is 10.1 Å². The van der Waals surface area contributed by atoms with Crippen molar-refractivity contribution < 1.29 is 42.9 Å². The fourth-order valence-electron chi connectivity index (χ4n) is 3.83. The summed E-state index contributed by atoms with van der Waals surface area (Å²) in [6, 6.07) is 0. The van der Waals surface area contributed by atoms with Crippen LogP contribution in [0.2, 0.25) is 0 Å². The molecule has 0 radical (unpaired) electrons. The summed E-state index contributed by atoms with van der Waals surface area (Å²) in [5.74, 6) is -1.09. The van der Waals surface area contributed by atoms with Gasteiger partial charge in [0.15, 0.2) is 24.8 Å². The van der Waals surface area contributed by atoms with Gasteiger partial charge in [0.05, 0.1) is 18.6 Å². The van der Waals surface area contributed by atoms with E-state index in [0.29, 0.717) is 0 Å². The summed E-state index contributed by atoms with van der Waals surface area (Å²) < 4.78 is 33.1. The van der Waals surface area contributed by atoms with Crippen LogP contribution in [0.15, 0.2) is 0 Å². The molecular weight excluding hydrogens is 390 g/mol. The van der Waals surface area contributed by atoms with Crippen molar-refractivity contribution in [1.29, 1.82) is 0 Å². The number of hydrogen-bond donors (Lipinski definition) is 0. The maximum atomic E-state index is 11.8. The summed E-state index contributed by atoms with van der Waals surface area (Å²) in [4.78, 5) is 34.3. The molecule has 0 amide bonds. The van der Waals surface area contributed by atoms with Crippen molar-refractivity contribution in [2.45, 2.75) is 96.1 Å². The van der Waals surface area contributed by atoms with E-state index in [1.807, 2.05) is 0 Å². The summed E-state index contributed by atoms with van der Waals surface area (Å²) in [7, 11) is 1.42. The first kappa shape index (κ1) is 23.5. The van der Waals surface area contributed by atoms with Crippen LogP contribution in [-0.2, 0) is 38.0 Å². The highest BCUT2D eigenvalue weighted by Gasteiger charge is 2.57. The van der Waals surface area contributed by atoms with Crippen molar-refractivity contribution in [2.75, 3.05) is 7.11 Å². The van der Waals surface area contributed by atoms with E-state index in [0.717, 1.165) is 0 Å². The number of carbonyl (C=O) groups excluding carboxylic acids is 2. The van der Waals surface area contributed by atoms with Gasteiger partial charge in [-0.05, 0) is 13.8 Å². The number of esters is 2. The Hall–Kier alpha value is -1.82. The van der Waals surface area contributed by atoms with E-state index in [4.69, 9.17) is 28.4 Å². The number of hydrogen-bond acceptors (Lipinski definition) is 10. The first-order chi connectivity index (χ1) is 13.5. The maximum Gasteiger partial charge on any atom is 0.303 e. The van der Waals surface area contributed by atoms with Crippen LogP contribution in [-0.4, -0.2) is 72.6 Å². The Bertz CT molecular complexity index is 628. The molecule has 2 heterocycles. The molecule has 0 N–H and O–H groups in total. The second kappa shape index (κ2) is 9.33. The Morgan fingerprint density at radius 2 is 1.66 bits per heavy atom. The molecule has 0 unspecified atom stereocenters. The fraction of sp³-hybridized carbons (Fsp3) is 0.889. The minimum atomic E-state index is -1.48. The Morgan fingerprint density at radius 3 is 2.17 bits per heavy atom. The summed E-state index contributed by atoms with van der Waals surface area (Å²) >= 11 is 0. The quantitative estimate of drug-likeness (QED) is 0.351. The van der Waals surface area contributed by atoms with E-state index in [1.54, 1.807) is 13.8 Å². The van der Waals surface area contributed by atoms with Gasteiger partial charge < -0.3 is 28.4 Å². The van der Waals surface area contributed by atoms with Crippen LogP contribution in [0.25, 0.3) is 0 Å². The molecule has 2 aliphatic heterocycles. The molecule has 11 heteroatoms. The average molecular weight is 419 g/mol. The normalized spacial score (nSPS) is 40.1. The van der Waals surface area contributed by atoms with Crippen molar-refractivity contribution >= 4 is 11.9 Å². The van der Waals surface area contributed by atoms with Gasteiger partial charge in [-0.2, -0.15) is 0 Å². The third kappa shape index (κ3) is 5.41. The minimum Gasteiger partial charge on any atom is -0.458 e. The zero-order valence-electron chi connectivity index (χ0n) is 17.5. The molecule has 0 bridgehead atoms. The lowest BCUT2D eigenvalue weighted by molar-refractivity contribution is -0.598. The highest BCUT2D eigenvalue weighted by Crippen LogP contribution is 2.37. The van der Waals surface area contributed by atoms with Crippen molar-refractivity contribution in [3.63, 3.8) is 0 Å². The predicted octanol–water partition coefficient (Wildman–Crippen LogP) is 1.19. The van der Waals surface area contributed by atoms with Gasteiger partial charge in [0.2, 0.25) is 0 Å². The monoisotopic (exact) mass is 419 g/mol. The third-order valence-electron chi connectivity index (χ3n) is 5.20. The van der Waals surface area contributed by atoms with Gasteiger partial charge in [-0.3, -0.25) is 19.7 Å². The predicted molar refractivity (Wildman–Crippen MR) is 96.3 cm³/mol. The van der Waals surface area contributed by atoms with Gasteiger partial charge in [-0.15, -0.1) is 0 Å². The first-order valence-corrected chi connectivity index (χ1v) is 9.46. The van der Waals surface area contributed by atoms with Gasteiger partial charge in [-0.1, -0.05) is 0 Å². The largest absolute Gasteiger partial charge is 0.458 e. The van der Waals surface area contributed by atoms with Gasteiger partial charge in [0.1, 0.15) is 6.10 Å². The van der Waals surface area contributed by atoms with Crippen LogP contribution in [0, 0.1) is 10.1 Å². The fourth-order valence-corrected chi connectivity index (χ4v) is 3.83. The lowest BCUT2D eigenvalue weighted by atomic mass is 9.85. The van der Waals surface area contributed by atoms with Gasteiger partial charge in [0, 0.05) is 39.2 Å². The molecule has 8 atom stereocenters. The van der Waals surface area contributed by atoms with Crippen LogP contribution in [0.5, 0.6) is 0 Å². The molecule has 2 rings (SSSR count). The zero-order valence-corrected chi connectivity index (χ0v) is 17.5. The number of rotatable bonds is 6. The van der Waals surface area contributed by atoms with Crippen LogP contribution in [0.1, 0.15) is 47.5 Å². The number of nitrogens with zero attached hydrogens (tertiary/aromatic N) is 1. The third-order valence-corrected chi connectivity index (χ3v) is 5.20. The number of methoxy groups -OCH3 is 1. The second-order valence-electron chi connectivity index (χ2n) is 7.61. The molecule has 2 aliphatic rings. The Labute approximate surface area is 169 Å². The average Bonchev–Trinajstić information content (AvgIpc) is 2.60. The molecule has 0 aromatic carbocycles. The molecule has 11 nitrogen and oxygen atoms in total. The Morgan fingerprint density at radius 1 is 1.07 bits per heavy atom. The van der Waals surface area contributed by atoms with E-state index in [9.17, 15) is 19.7 Å². The van der Waals surface area contributed by atoms with E-state index in [-0.39, 0.29) is 12.8 Å². The minimum absolute atomic E-state index is 0.00275. The summed E-state index contributed by atoms with van der Waals surface area (Å²) in [5.41, 5.74) is -1.48. The number of carbonyl (C=O) groups is 2. The topological polar surface area (TPSA) is 133 Å². The summed E-state index contributed by atoms with van der Waals surface area (Å²) in [5, 5.41) is 11.8. The van der Waals surface area contributed by atoms with E-state index in [1.165, 1.54) is 27.9 Å². The van der Waals surface area contributed by atoms with Crippen molar-refractivity contribution in [3.8, 4) is 0 Å². The van der Waals surface area contributed by atoms with E-state index >= 15 is 0 Å². The summed E-state index contributed by atoms with van der Waals surface area (Å²) in [6.45, 7) is 7.27. The standard InChI is InChI=1S/C18H29NO10/c1-9-16(28-12(4)21)13(27-11(3)20)7-14(25-9)29-17-10(2)26-15(24-6)8-18(17,5)19(22)23/h9-10,13-17H,7-8H2,1-6H3/t9-,10-,13-,14+,15+,16+,17-,18+/m0/s1. The molecule has 29 heavy (non-hydrogen) atoms. The van der Waals surface area contributed by atoms with Crippen LogP contribution < -0.4 is 0 Å². The molecule has 0 aliphatic carbocycles. The Kier molecular flexibility index (Phi) is 7.55. The highest BCUT2D eigenvalue weighted by atomic mass is 16.7. The number of ether oxygens (including phenoxy) is 6. The van der Waals surface area contributed by atoms with Gasteiger partial charge >= 0.3 is 11.9 Å². The molecule has 2 fully saturated rings. The maximum absolute atomic E-state index is 11.8. The van der Waals surface area contributed by atoms with Gasteiger partial charge in [0.25, 0.3) is 5.54 Å². The molecular formula is C18H29NO10. The lowest BCUT2D eigenvalue weighted by Crippen LogP contribution is -2.62. The van der Waals surface area contributed by atoms with Crippen LogP contribution in [0.4, 0.5) is 0 Å². The molecule has 2 saturated heterocycles. The molecule has 0 saturated carbocycles. The zero-order chi connectivity index (χ0) is 21.9. The molecule has 0 aromatic heterocycles. The van der Waals surface area contributed by atoms with E-state index in [2.05, 4.69) is 0 Å².